The van der Waals surface area contributed by atoms with Crippen molar-refractivity contribution < 1.29 is 4.74 Å². The summed E-state index contributed by atoms with van der Waals surface area (Å²) in [5, 5.41) is 8.52. The predicted octanol–water partition coefficient (Wildman–Crippen LogP) is 1.63. The second-order valence-electron chi connectivity index (χ2n) is 5.03. The van der Waals surface area contributed by atoms with E-state index in [0.717, 1.165) is 19.6 Å². The zero-order valence-electron chi connectivity index (χ0n) is 11.8. The van der Waals surface area contributed by atoms with Crippen LogP contribution in [-0.4, -0.2) is 35.7 Å². The zero-order valence-corrected chi connectivity index (χ0v) is 11.8. The first-order valence-corrected chi connectivity index (χ1v) is 7.23. The molecule has 0 bridgehead atoms. The number of pyridine rings is 1. The van der Waals surface area contributed by atoms with Crippen molar-refractivity contribution in [3.05, 3.63) is 28.7 Å². The van der Waals surface area contributed by atoms with E-state index in [1.807, 2.05) is 6.07 Å². The monoisotopic (exact) mass is 275 g/mol. The quantitative estimate of drug-likeness (QED) is 0.710. The van der Waals surface area contributed by atoms with Crippen molar-refractivity contribution in [2.45, 2.75) is 32.2 Å². The maximum absolute atomic E-state index is 12.1. The van der Waals surface area contributed by atoms with Crippen molar-refractivity contribution in [3.63, 3.8) is 0 Å². The van der Waals surface area contributed by atoms with Gasteiger partial charge in [-0.15, -0.1) is 0 Å². The van der Waals surface area contributed by atoms with E-state index in [4.69, 9.17) is 10.00 Å². The highest BCUT2D eigenvalue weighted by Gasteiger charge is 2.11. The minimum Gasteiger partial charge on any atom is -0.487 e. The zero-order chi connectivity index (χ0) is 14.2. The van der Waals surface area contributed by atoms with E-state index >= 15 is 0 Å². The van der Waals surface area contributed by atoms with E-state index in [1.165, 1.54) is 12.8 Å². The molecule has 0 aromatic carbocycles. The van der Waals surface area contributed by atoms with Gasteiger partial charge in [-0.05, 0) is 44.5 Å². The number of unbranched alkanes of at least 4 members (excludes halogenated alkanes) is 1. The third kappa shape index (κ3) is 4.10. The number of aryl methyl sites for hydroxylation is 1. The van der Waals surface area contributed by atoms with Crippen LogP contribution in [0.5, 0.6) is 5.75 Å². The molecule has 1 aliphatic heterocycles. The second-order valence-corrected chi connectivity index (χ2v) is 5.03. The van der Waals surface area contributed by atoms with Crippen LogP contribution in [0, 0.1) is 11.3 Å². The van der Waals surface area contributed by atoms with E-state index in [9.17, 15) is 4.79 Å². The van der Waals surface area contributed by atoms with E-state index in [1.54, 1.807) is 16.8 Å². The summed E-state index contributed by atoms with van der Waals surface area (Å²) in [5.41, 5.74) is -0.105. The molecule has 20 heavy (non-hydrogen) atoms. The molecular weight excluding hydrogens is 254 g/mol. The summed E-state index contributed by atoms with van der Waals surface area (Å²) in [7, 11) is 0. The van der Waals surface area contributed by atoms with Gasteiger partial charge in [0.15, 0.2) is 5.75 Å². The van der Waals surface area contributed by atoms with Crippen molar-refractivity contribution in [2.24, 2.45) is 0 Å². The molecule has 0 saturated carbocycles. The lowest BCUT2D eigenvalue weighted by molar-refractivity contribution is 0.234. The molecule has 1 aromatic rings. The fourth-order valence-electron chi connectivity index (χ4n) is 2.42. The molecule has 2 rings (SSSR count). The fourth-order valence-corrected chi connectivity index (χ4v) is 2.42. The standard InChI is InChI=1S/C15H21N3O2/c16-7-1-2-10-18-11-5-6-14(15(18)19)20-13-12-17-8-3-4-9-17/h5-6,11H,1-4,8-10,12-13H2. The molecule has 5 nitrogen and oxygen atoms in total. The lowest BCUT2D eigenvalue weighted by Gasteiger charge is -2.15. The van der Waals surface area contributed by atoms with Crippen molar-refractivity contribution in [1.82, 2.24) is 9.47 Å². The summed E-state index contributed by atoms with van der Waals surface area (Å²) in [6, 6.07) is 5.62. The van der Waals surface area contributed by atoms with Crippen LogP contribution in [0.2, 0.25) is 0 Å². The Balaban J connectivity index is 1.85. The largest absolute Gasteiger partial charge is 0.487 e. The lowest BCUT2D eigenvalue weighted by atomic mass is 10.3. The number of nitrogens with zero attached hydrogens (tertiary/aromatic N) is 3. The molecule has 0 aliphatic carbocycles. The molecule has 0 unspecified atom stereocenters. The minimum atomic E-state index is -0.105. The van der Waals surface area contributed by atoms with Crippen molar-refractivity contribution in [2.75, 3.05) is 26.2 Å². The topological polar surface area (TPSA) is 58.3 Å². The molecule has 0 atom stereocenters. The third-order valence-electron chi connectivity index (χ3n) is 3.54. The average Bonchev–Trinajstić information content (AvgIpc) is 2.96. The summed E-state index contributed by atoms with van der Waals surface area (Å²) in [4.78, 5) is 14.5. The first-order chi connectivity index (χ1) is 9.81. The SMILES string of the molecule is N#CCCCn1cccc(OCCN2CCCC2)c1=O. The number of hydrogen-bond donors (Lipinski definition) is 0. The van der Waals surface area contributed by atoms with Gasteiger partial charge >= 0.3 is 0 Å². The molecular formula is C15H21N3O2. The Morgan fingerprint density at radius 1 is 1.30 bits per heavy atom. The third-order valence-corrected chi connectivity index (χ3v) is 3.54. The van der Waals surface area contributed by atoms with Crippen LogP contribution in [0.25, 0.3) is 0 Å². The molecule has 2 heterocycles. The van der Waals surface area contributed by atoms with Gasteiger partial charge in [-0.25, -0.2) is 0 Å². The van der Waals surface area contributed by atoms with Crippen LogP contribution in [0.15, 0.2) is 23.1 Å². The van der Waals surface area contributed by atoms with Crippen LogP contribution in [0.1, 0.15) is 25.7 Å². The highest BCUT2D eigenvalue weighted by atomic mass is 16.5. The van der Waals surface area contributed by atoms with Crippen LogP contribution in [0.3, 0.4) is 0 Å². The number of aromatic nitrogens is 1. The smallest absolute Gasteiger partial charge is 0.292 e. The molecule has 1 aromatic heterocycles. The molecule has 0 radical (unpaired) electrons. The van der Waals surface area contributed by atoms with Gasteiger partial charge in [0.25, 0.3) is 5.56 Å². The molecule has 5 heteroatoms. The highest BCUT2D eigenvalue weighted by molar-refractivity contribution is 5.17. The summed E-state index contributed by atoms with van der Waals surface area (Å²) in [5.74, 6) is 0.406. The van der Waals surface area contributed by atoms with Gasteiger partial charge in [0, 0.05) is 25.7 Å². The Bertz CT molecular complexity index is 513. The Hall–Kier alpha value is -1.80. The van der Waals surface area contributed by atoms with Gasteiger partial charge in [-0.1, -0.05) is 0 Å². The molecule has 1 saturated heterocycles. The first kappa shape index (κ1) is 14.6. The van der Waals surface area contributed by atoms with Gasteiger partial charge in [-0.2, -0.15) is 5.26 Å². The molecule has 0 N–H and O–H groups in total. The highest BCUT2D eigenvalue weighted by Crippen LogP contribution is 2.07. The van der Waals surface area contributed by atoms with E-state index in [2.05, 4.69) is 11.0 Å². The Kier molecular flexibility index (Phi) is 5.63. The van der Waals surface area contributed by atoms with Crippen LogP contribution < -0.4 is 10.3 Å². The van der Waals surface area contributed by atoms with Gasteiger partial charge in [-0.3, -0.25) is 9.69 Å². The average molecular weight is 275 g/mol. The van der Waals surface area contributed by atoms with Crippen molar-refractivity contribution in [1.29, 1.82) is 5.26 Å². The van der Waals surface area contributed by atoms with Crippen LogP contribution in [0.4, 0.5) is 0 Å². The second kappa shape index (κ2) is 7.71. The summed E-state index contributed by atoms with van der Waals surface area (Å²) >= 11 is 0. The summed E-state index contributed by atoms with van der Waals surface area (Å²) in [6.07, 6.45) is 5.42. The van der Waals surface area contributed by atoms with E-state index < -0.39 is 0 Å². The number of rotatable bonds is 7. The van der Waals surface area contributed by atoms with Crippen LogP contribution in [-0.2, 0) is 6.54 Å². The fraction of sp³-hybridized carbons (Fsp3) is 0.600. The molecule has 108 valence electrons. The van der Waals surface area contributed by atoms with Gasteiger partial charge < -0.3 is 9.30 Å². The molecule has 1 fully saturated rings. The number of hydrogen-bond acceptors (Lipinski definition) is 4. The normalized spacial score (nSPS) is 15.2. The molecule has 0 spiro atoms. The predicted molar refractivity (Wildman–Crippen MR) is 76.7 cm³/mol. The maximum Gasteiger partial charge on any atom is 0.292 e. The van der Waals surface area contributed by atoms with E-state index in [0.29, 0.717) is 31.7 Å². The maximum atomic E-state index is 12.1. The van der Waals surface area contributed by atoms with E-state index in [-0.39, 0.29) is 5.56 Å². The Labute approximate surface area is 119 Å². The lowest BCUT2D eigenvalue weighted by Crippen LogP contribution is -2.27. The summed E-state index contributed by atoms with van der Waals surface area (Å²) < 4.78 is 7.22. The Morgan fingerprint density at radius 2 is 2.10 bits per heavy atom. The Morgan fingerprint density at radius 3 is 2.85 bits per heavy atom. The van der Waals surface area contributed by atoms with Crippen molar-refractivity contribution >= 4 is 0 Å². The van der Waals surface area contributed by atoms with Gasteiger partial charge in [0.2, 0.25) is 0 Å². The number of ether oxygens (including phenoxy) is 1. The summed E-state index contributed by atoms with van der Waals surface area (Å²) in [6.45, 7) is 4.27. The van der Waals surface area contributed by atoms with Crippen molar-refractivity contribution in [3.8, 4) is 11.8 Å². The van der Waals surface area contributed by atoms with Gasteiger partial charge in [0.1, 0.15) is 6.61 Å². The van der Waals surface area contributed by atoms with Crippen LogP contribution >= 0.6 is 0 Å². The number of nitriles is 1. The minimum absolute atomic E-state index is 0.105. The number of likely N-dealkylation sites (tertiary alicyclic amines) is 1. The first-order valence-electron chi connectivity index (χ1n) is 7.23. The van der Waals surface area contributed by atoms with Gasteiger partial charge in [0.05, 0.1) is 6.07 Å². The molecule has 0 amide bonds. The molecule has 1 aliphatic rings.